The summed E-state index contributed by atoms with van der Waals surface area (Å²) in [7, 11) is 3.19. The van der Waals surface area contributed by atoms with Crippen molar-refractivity contribution in [3.8, 4) is 11.5 Å². The van der Waals surface area contributed by atoms with Crippen LogP contribution in [0.25, 0.3) is 0 Å². The molecule has 2 rings (SSSR count). The quantitative estimate of drug-likeness (QED) is 0.169. The van der Waals surface area contributed by atoms with E-state index in [1.165, 1.54) is 9.80 Å². The Labute approximate surface area is 217 Å². The van der Waals surface area contributed by atoms with Crippen LogP contribution < -0.4 is 9.47 Å². The lowest BCUT2D eigenvalue weighted by molar-refractivity contribution is -0.128. The van der Waals surface area contributed by atoms with Gasteiger partial charge in [-0.2, -0.15) is 0 Å². The summed E-state index contributed by atoms with van der Waals surface area (Å²) in [5, 5.41) is 9.83. The van der Waals surface area contributed by atoms with Crippen molar-refractivity contribution in [2.75, 3.05) is 40.6 Å². The Bertz CT molecular complexity index is 1040. The third-order valence-corrected chi connectivity index (χ3v) is 5.59. The fraction of sp³-hybridized carbons (Fsp3) is 0.346. The molecule has 2 aromatic rings. The number of hydrogen-bond acceptors (Lipinski definition) is 7. The molecule has 0 saturated carbocycles. The van der Waals surface area contributed by atoms with Crippen molar-refractivity contribution in [1.82, 2.24) is 14.7 Å². The molecule has 0 radical (unpaired) electrons. The molecular formula is C26H33ClN4O5. The van der Waals surface area contributed by atoms with Gasteiger partial charge in [-0.15, -0.1) is 0 Å². The number of aliphatic hydroxyl groups is 1. The lowest BCUT2D eigenvalue weighted by Crippen LogP contribution is -2.41. The van der Waals surface area contributed by atoms with Gasteiger partial charge in [0.1, 0.15) is 17.2 Å². The predicted octanol–water partition coefficient (Wildman–Crippen LogP) is 3.38. The number of benzene rings is 2. The Kier molecular flexibility index (Phi) is 11.7. The fourth-order valence-corrected chi connectivity index (χ4v) is 3.51. The maximum absolute atomic E-state index is 13.7. The number of methoxy groups -OCH3 is 1. The molecule has 0 aliphatic carbocycles. The summed E-state index contributed by atoms with van der Waals surface area (Å²) in [5.74, 6) is 0.872. The Hall–Kier alpha value is -3.56. The van der Waals surface area contributed by atoms with E-state index in [1.54, 1.807) is 62.4 Å². The van der Waals surface area contributed by atoms with Crippen LogP contribution in [-0.4, -0.2) is 79.4 Å². The lowest BCUT2D eigenvalue weighted by atomic mass is 10.2. The van der Waals surface area contributed by atoms with Gasteiger partial charge in [0, 0.05) is 44.4 Å². The fourth-order valence-electron chi connectivity index (χ4n) is 3.38. The summed E-state index contributed by atoms with van der Waals surface area (Å²) in [5.41, 5.74) is 0.992. The molecule has 0 fully saturated rings. The minimum absolute atomic E-state index is 0.0415. The number of hydrogen-bond donors (Lipinski definition) is 1. The van der Waals surface area contributed by atoms with Gasteiger partial charge in [-0.1, -0.05) is 29.8 Å². The molecule has 0 aliphatic heterocycles. The van der Waals surface area contributed by atoms with Crippen LogP contribution in [0.4, 0.5) is 0 Å². The van der Waals surface area contributed by atoms with Gasteiger partial charge in [0.15, 0.2) is 12.6 Å². The molecule has 10 heteroatoms. The van der Waals surface area contributed by atoms with E-state index >= 15 is 0 Å². The zero-order chi connectivity index (χ0) is 26.5. The topological polar surface area (TPSA) is 94.9 Å². The molecule has 1 N–H and O–H groups in total. The molecule has 194 valence electrons. The first-order chi connectivity index (χ1) is 17.4. The van der Waals surface area contributed by atoms with Crippen molar-refractivity contribution in [3.05, 3.63) is 70.6 Å². The van der Waals surface area contributed by atoms with Crippen molar-refractivity contribution in [1.29, 1.82) is 0 Å². The van der Waals surface area contributed by atoms with Gasteiger partial charge in [0.25, 0.3) is 5.91 Å². The van der Waals surface area contributed by atoms with E-state index in [0.29, 0.717) is 35.9 Å². The van der Waals surface area contributed by atoms with Crippen LogP contribution in [0.2, 0.25) is 5.02 Å². The van der Waals surface area contributed by atoms with Gasteiger partial charge >= 0.3 is 0 Å². The van der Waals surface area contributed by atoms with Crippen LogP contribution in [0.15, 0.2) is 65.0 Å². The van der Waals surface area contributed by atoms with E-state index < -0.39 is 5.91 Å². The zero-order valence-corrected chi connectivity index (χ0v) is 21.6. The van der Waals surface area contributed by atoms with Gasteiger partial charge in [-0.3, -0.25) is 14.5 Å². The Morgan fingerprint density at radius 2 is 1.89 bits per heavy atom. The number of nitrogens with zero attached hydrogens (tertiary/aromatic N) is 4. The van der Waals surface area contributed by atoms with Crippen LogP contribution >= 0.6 is 11.6 Å². The van der Waals surface area contributed by atoms with Crippen LogP contribution in [0, 0.1) is 0 Å². The normalized spacial score (nSPS) is 11.2. The summed E-state index contributed by atoms with van der Waals surface area (Å²) in [6, 6.07) is 14.3. The van der Waals surface area contributed by atoms with Crippen LogP contribution in [-0.2, 0) is 16.1 Å². The van der Waals surface area contributed by atoms with Crippen LogP contribution in [0.3, 0.4) is 0 Å². The summed E-state index contributed by atoms with van der Waals surface area (Å²) < 4.78 is 11.3. The third kappa shape index (κ3) is 8.00. The molecule has 0 saturated heterocycles. The van der Waals surface area contributed by atoms with E-state index in [1.807, 2.05) is 12.1 Å². The highest BCUT2D eigenvalue weighted by Crippen LogP contribution is 2.24. The molecular weight excluding hydrogens is 484 g/mol. The van der Waals surface area contributed by atoms with Gasteiger partial charge < -0.3 is 24.4 Å². The maximum Gasteiger partial charge on any atom is 0.273 e. The number of carbonyl (C=O) groups excluding carboxylic acids is 2. The zero-order valence-electron chi connectivity index (χ0n) is 20.9. The number of amides is 2. The largest absolute Gasteiger partial charge is 0.497 e. The summed E-state index contributed by atoms with van der Waals surface area (Å²) in [4.78, 5) is 34.1. The Morgan fingerprint density at radius 1 is 1.19 bits per heavy atom. The van der Waals surface area contributed by atoms with Crippen LogP contribution in [0.5, 0.6) is 11.5 Å². The molecule has 0 aliphatic rings. The highest BCUT2D eigenvalue weighted by Gasteiger charge is 2.28. The molecule has 9 nitrogen and oxygen atoms in total. The number of carbonyl (C=O) groups is 2. The summed E-state index contributed by atoms with van der Waals surface area (Å²) in [6.07, 6.45) is 1.00. The summed E-state index contributed by atoms with van der Waals surface area (Å²) in [6.45, 7) is 6.13. The highest BCUT2D eigenvalue weighted by atomic mass is 35.5. The second-order valence-electron chi connectivity index (χ2n) is 7.80. The standard InChI is InChI=1S/C26H33ClN4O5/c1-5-30(18-33)25(28-2)24(26(34)29(3)14-7-15-32)31(17-20-10-12-21(27)13-11-20)19-36-23-9-6-8-22(16-23)35-4/h6,8-13,16,18,32H,2,5,7,14-15,17,19H2,1,3-4H3/b25-24+. The first-order valence-corrected chi connectivity index (χ1v) is 11.8. The number of aliphatic imine (C=N–C) groups is 1. The van der Waals surface area contributed by atoms with Crippen molar-refractivity contribution in [2.45, 2.75) is 19.9 Å². The molecule has 0 aromatic heterocycles. The smallest absolute Gasteiger partial charge is 0.273 e. The molecule has 2 amide bonds. The van der Waals surface area contributed by atoms with Crippen LogP contribution in [0.1, 0.15) is 18.9 Å². The van der Waals surface area contributed by atoms with E-state index in [4.69, 9.17) is 21.1 Å². The van der Waals surface area contributed by atoms with E-state index in [9.17, 15) is 14.7 Å². The third-order valence-electron chi connectivity index (χ3n) is 5.33. The van der Waals surface area contributed by atoms with E-state index in [0.717, 1.165) is 5.56 Å². The average Bonchev–Trinajstić information content (AvgIpc) is 2.90. The second kappa shape index (κ2) is 14.8. The molecule has 0 bridgehead atoms. The van der Waals surface area contributed by atoms with E-state index in [-0.39, 0.29) is 37.9 Å². The monoisotopic (exact) mass is 516 g/mol. The first-order valence-electron chi connectivity index (χ1n) is 11.4. The highest BCUT2D eigenvalue weighted by molar-refractivity contribution is 6.30. The minimum atomic E-state index is -0.394. The Morgan fingerprint density at radius 3 is 2.47 bits per heavy atom. The van der Waals surface area contributed by atoms with Gasteiger partial charge in [0.2, 0.25) is 6.41 Å². The first kappa shape index (κ1) is 28.7. The number of halogens is 1. The molecule has 36 heavy (non-hydrogen) atoms. The van der Waals surface area contributed by atoms with Gasteiger partial charge in [-0.25, -0.2) is 4.99 Å². The van der Waals surface area contributed by atoms with Crippen molar-refractivity contribution in [3.63, 3.8) is 0 Å². The molecule has 0 unspecified atom stereocenters. The van der Waals surface area contributed by atoms with Crippen molar-refractivity contribution < 1.29 is 24.2 Å². The number of rotatable bonds is 15. The number of aliphatic hydroxyl groups excluding tert-OH is 1. The van der Waals surface area contributed by atoms with E-state index in [2.05, 4.69) is 11.7 Å². The lowest BCUT2D eigenvalue weighted by Gasteiger charge is -2.32. The average molecular weight is 517 g/mol. The maximum atomic E-state index is 13.7. The second-order valence-corrected chi connectivity index (χ2v) is 8.24. The number of ether oxygens (including phenoxy) is 2. The molecule has 0 spiro atoms. The molecule has 0 heterocycles. The number of likely N-dealkylation sites (N-methyl/N-ethyl adjacent to an activating group) is 1. The van der Waals surface area contributed by atoms with Crippen molar-refractivity contribution in [2.24, 2.45) is 4.99 Å². The van der Waals surface area contributed by atoms with Gasteiger partial charge in [-0.05, 0) is 49.9 Å². The summed E-state index contributed by atoms with van der Waals surface area (Å²) >= 11 is 6.06. The Balaban J connectivity index is 2.57. The predicted molar refractivity (Wildman–Crippen MR) is 140 cm³/mol. The van der Waals surface area contributed by atoms with Crippen molar-refractivity contribution >= 4 is 30.6 Å². The molecule has 0 atom stereocenters. The van der Waals surface area contributed by atoms with Gasteiger partial charge in [0.05, 0.1) is 7.11 Å². The molecule has 2 aromatic carbocycles. The minimum Gasteiger partial charge on any atom is -0.497 e. The SMILES string of the molecule is C=N/C(=C(/C(=O)N(C)CCCO)N(COc1cccc(OC)c1)Cc1ccc(Cl)cc1)N(C=O)CC.